The Kier molecular flexibility index (Phi) is 6.43. The van der Waals surface area contributed by atoms with E-state index in [0.29, 0.717) is 6.04 Å². The fourth-order valence-electron chi connectivity index (χ4n) is 2.13. The van der Waals surface area contributed by atoms with E-state index in [1.807, 2.05) is 6.07 Å². The van der Waals surface area contributed by atoms with Crippen molar-refractivity contribution in [1.29, 1.82) is 0 Å². The molecule has 0 amide bonds. The Morgan fingerprint density at radius 2 is 1.95 bits per heavy atom. The first kappa shape index (κ1) is 15.9. The minimum Gasteiger partial charge on any atom is -0.310 e. The van der Waals surface area contributed by atoms with E-state index in [9.17, 15) is 0 Å². The minimum absolute atomic E-state index is 0.362. The molecule has 0 saturated carbocycles. The van der Waals surface area contributed by atoms with Gasteiger partial charge >= 0.3 is 0 Å². The lowest BCUT2D eigenvalue weighted by Crippen LogP contribution is -2.23. The maximum Gasteiger partial charge on any atom is 0.0931 e. The van der Waals surface area contributed by atoms with Crippen LogP contribution in [0.4, 0.5) is 0 Å². The van der Waals surface area contributed by atoms with Gasteiger partial charge in [-0.1, -0.05) is 30.7 Å². The van der Waals surface area contributed by atoms with Gasteiger partial charge in [0.1, 0.15) is 0 Å². The molecular weight excluding hydrogens is 306 g/mol. The first-order chi connectivity index (χ1) is 9.72. The van der Waals surface area contributed by atoms with Crippen molar-refractivity contribution in [2.45, 2.75) is 30.7 Å². The number of halogens is 1. The molecule has 0 fully saturated rings. The van der Waals surface area contributed by atoms with Crippen LogP contribution < -0.4 is 5.32 Å². The summed E-state index contributed by atoms with van der Waals surface area (Å²) in [5, 5.41) is 3.64. The average Bonchev–Trinajstić information content (AvgIpc) is 2.89. The maximum atomic E-state index is 6.03. The highest BCUT2D eigenvalue weighted by atomic mass is 35.5. The molecule has 1 N–H and O–H groups in total. The Morgan fingerprint density at radius 3 is 2.50 bits per heavy atom. The van der Waals surface area contributed by atoms with Crippen LogP contribution in [-0.2, 0) is 6.42 Å². The quantitative estimate of drug-likeness (QED) is 0.683. The van der Waals surface area contributed by atoms with Crippen LogP contribution in [0.2, 0.25) is 4.34 Å². The molecule has 0 spiro atoms. The summed E-state index contributed by atoms with van der Waals surface area (Å²) >= 11 is 9.48. The highest BCUT2D eigenvalue weighted by Gasteiger charge is 2.12. The van der Waals surface area contributed by atoms with Gasteiger partial charge in [0.05, 0.1) is 4.34 Å². The zero-order valence-corrected chi connectivity index (χ0v) is 14.2. The van der Waals surface area contributed by atoms with Crippen LogP contribution in [0.3, 0.4) is 0 Å². The molecule has 0 radical (unpaired) electrons. The number of thioether (sulfide) groups is 1. The fourth-order valence-corrected chi connectivity index (χ4v) is 3.67. The molecule has 1 aromatic heterocycles. The van der Waals surface area contributed by atoms with Gasteiger partial charge < -0.3 is 5.32 Å². The SMILES string of the molecule is CCCNC(Cc1ccc(Cl)s1)c1ccc(SC)cc1. The van der Waals surface area contributed by atoms with Crippen LogP contribution >= 0.6 is 34.7 Å². The van der Waals surface area contributed by atoms with Crippen LogP contribution in [0.1, 0.15) is 29.8 Å². The lowest BCUT2D eigenvalue weighted by Gasteiger charge is -2.18. The summed E-state index contributed by atoms with van der Waals surface area (Å²) in [4.78, 5) is 2.64. The van der Waals surface area contributed by atoms with E-state index in [1.54, 1.807) is 23.1 Å². The van der Waals surface area contributed by atoms with Crippen LogP contribution in [0.5, 0.6) is 0 Å². The molecule has 108 valence electrons. The van der Waals surface area contributed by atoms with Crippen molar-refractivity contribution in [2.24, 2.45) is 0 Å². The third-order valence-electron chi connectivity index (χ3n) is 3.19. The number of hydrogen-bond donors (Lipinski definition) is 1. The summed E-state index contributed by atoms with van der Waals surface area (Å²) in [7, 11) is 0. The molecule has 1 unspecified atom stereocenters. The number of benzene rings is 1. The van der Waals surface area contributed by atoms with Crippen LogP contribution in [0.15, 0.2) is 41.3 Å². The van der Waals surface area contributed by atoms with Gasteiger partial charge in [-0.25, -0.2) is 0 Å². The molecule has 2 aromatic rings. The van der Waals surface area contributed by atoms with Crippen LogP contribution in [0.25, 0.3) is 0 Å². The molecule has 20 heavy (non-hydrogen) atoms. The predicted molar refractivity (Wildman–Crippen MR) is 92.3 cm³/mol. The first-order valence-electron chi connectivity index (χ1n) is 6.84. The smallest absolute Gasteiger partial charge is 0.0931 e. The van der Waals surface area contributed by atoms with Crippen LogP contribution in [0, 0.1) is 0 Å². The van der Waals surface area contributed by atoms with Crippen LogP contribution in [-0.4, -0.2) is 12.8 Å². The van der Waals surface area contributed by atoms with E-state index < -0.39 is 0 Å². The van der Waals surface area contributed by atoms with Crippen molar-refractivity contribution >= 4 is 34.7 Å². The van der Waals surface area contributed by atoms with Crippen molar-refractivity contribution in [3.63, 3.8) is 0 Å². The van der Waals surface area contributed by atoms with Gasteiger partial charge in [0.2, 0.25) is 0 Å². The van der Waals surface area contributed by atoms with Crippen molar-refractivity contribution in [1.82, 2.24) is 5.32 Å². The normalized spacial score (nSPS) is 12.6. The van der Waals surface area contributed by atoms with Gasteiger partial charge in [0, 0.05) is 22.2 Å². The summed E-state index contributed by atoms with van der Waals surface area (Å²) < 4.78 is 0.868. The molecule has 1 heterocycles. The highest BCUT2D eigenvalue weighted by molar-refractivity contribution is 7.98. The van der Waals surface area contributed by atoms with Gasteiger partial charge in [-0.05, 0) is 49.1 Å². The average molecular weight is 326 g/mol. The van der Waals surface area contributed by atoms with E-state index in [-0.39, 0.29) is 0 Å². The second kappa shape index (κ2) is 8.08. The second-order valence-corrected chi connectivity index (χ2v) is 7.37. The zero-order valence-electron chi connectivity index (χ0n) is 11.9. The van der Waals surface area contributed by atoms with Gasteiger partial charge in [-0.2, -0.15) is 0 Å². The largest absolute Gasteiger partial charge is 0.310 e. The molecule has 1 nitrogen and oxygen atoms in total. The van der Waals surface area contributed by atoms with Crippen molar-refractivity contribution < 1.29 is 0 Å². The monoisotopic (exact) mass is 325 g/mol. The van der Waals surface area contributed by atoms with Gasteiger partial charge in [-0.3, -0.25) is 0 Å². The number of nitrogens with one attached hydrogen (secondary N) is 1. The topological polar surface area (TPSA) is 12.0 Å². The summed E-state index contributed by atoms with van der Waals surface area (Å²) in [5.74, 6) is 0. The summed E-state index contributed by atoms with van der Waals surface area (Å²) in [6.45, 7) is 3.23. The van der Waals surface area contributed by atoms with Gasteiger partial charge in [-0.15, -0.1) is 23.1 Å². The van der Waals surface area contributed by atoms with Crippen molar-refractivity contribution in [3.8, 4) is 0 Å². The molecule has 0 aliphatic rings. The van der Waals surface area contributed by atoms with E-state index >= 15 is 0 Å². The first-order valence-corrected chi connectivity index (χ1v) is 9.26. The maximum absolute atomic E-state index is 6.03. The highest BCUT2D eigenvalue weighted by Crippen LogP contribution is 2.27. The number of hydrogen-bond acceptors (Lipinski definition) is 3. The fraction of sp³-hybridized carbons (Fsp3) is 0.375. The van der Waals surface area contributed by atoms with Crippen molar-refractivity contribution in [3.05, 3.63) is 51.2 Å². The summed E-state index contributed by atoms with van der Waals surface area (Å²) in [6, 6.07) is 13.3. The van der Waals surface area contributed by atoms with E-state index in [1.165, 1.54) is 15.3 Å². The Labute approximate surface area is 134 Å². The summed E-state index contributed by atoms with van der Waals surface area (Å²) in [5.41, 5.74) is 1.35. The zero-order chi connectivity index (χ0) is 14.4. The predicted octanol–water partition coefficient (Wildman–Crippen LogP) is 5.41. The number of thiophene rings is 1. The van der Waals surface area contributed by atoms with E-state index in [2.05, 4.69) is 48.8 Å². The third-order valence-corrected chi connectivity index (χ3v) is 5.19. The minimum atomic E-state index is 0.362. The Balaban J connectivity index is 2.12. The van der Waals surface area contributed by atoms with E-state index in [0.717, 1.165) is 23.7 Å². The standard InChI is InChI=1S/C16H20ClNS2/c1-3-10-18-15(11-14-8-9-16(17)20-14)12-4-6-13(19-2)7-5-12/h4-9,15,18H,3,10-11H2,1-2H3. The molecule has 0 aliphatic heterocycles. The Hall–Kier alpha value is -0.480. The molecule has 1 atom stereocenters. The lowest BCUT2D eigenvalue weighted by atomic mass is 10.0. The van der Waals surface area contributed by atoms with E-state index in [4.69, 9.17) is 11.6 Å². The lowest BCUT2D eigenvalue weighted by molar-refractivity contribution is 0.532. The molecule has 1 aromatic carbocycles. The molecule has 0 saturated heterocycles. The molecule has 2 rings (SSSR count). The van der Waals surface area contributed by atoms with Gasteiger partial charge in [0.15, 0.2) is 0 Å². The molecular formula is C16H20ClNS2. The molecule has 0 bridgehead atoms. The van der Waals surface area contributed by atoms with Gasteiger partial charge in [0.25, 0.3) is 0 Å². The second-order valence-electron chi connectivity index (χ2n) is 4.69. The Morgan fingerprint density at radius 1 is 1.20 bits per heavy atom. The van der Waals surface area contributed by atoms with Crippen molar-refractivity contribution in [2.75, 3.05) is 12.8 Å². The third kappa shape index (κ3) is 4.52. The number of rotatable bonds is 7. The summed E-state index contributed by atoms with van der Waals surface area (Å²) in [6.07, 6.45) is 4.25. The molecule has 0 aliphatic carbocycles. The Bertz CT molecular complexity index is 522. The molecule has 4 heteroatoms.